The van der Waals surface area contributed by atoms with Gasteiger partial charge in [-0.05, 0) is 62.3 Å². The highest BCUT2D eigenvalue weighted by Gasteiger charge is 2.53. The summed E-state index contributed by atoms with van der Waals surface area (Å²) in [5, 5.41) is 11.3. The maximum absolute atomic E-state index is 13.8. The molecule has 1 N–H and O–H groups in total. The lowest BCUT2D eigenvalue weighted by atomic mass is 9.75. The number of esters is 2. The van der Waals surface area contributed by atoms with E-state index >= 15 is 0 Å². The minimum absolute atomic E-state index is 0.0217. The van der Waals surface area contributed by atoms with E-state index in [2.05, 4.69) is 0 Å². The zero-order chi connectivity index (χ0) is 28.1. The number of aromatic hydroxyl groups is 1. The molecule has 9 nitrogen and oxygen atoms in total. The number of nitrogens with zero attached hydrogens (tertiary/aromatic N) is 2. The predicted octanol–water partition coefficient (Wildman–Crippen LogP) is 3.45. The number of phenolic OH excluding ortho intramolecular Hbond substituents is 1. The quantitative estimate of drug-likeness (QED) is 0.509. The fourth-order valence-corrected chi connectivity index (χ4v) is 5.75. The van der Waals surface area contributed by atoms with Gasteiger partial charge in [-0.15, -0.1) is 0 Å². The fraction of sp³-hybridized carbons (Fsp3) is 0.433. The van der Waals surface area contributed by atoms with Crippen LogP contribution < -0.4 is 0 Å². The van der Waals surface area contributed by atoms with E-state index in [-0.39, 0.29) is 43.2 Å². The number of fused-ring (bicyclic) bond motifs is 4. The summed E-state index contributed by atoms with van der Waals surface area (Å²) in [6.45, 7) is 3.76. The predicted molar refractivity (Wildman–Crippen MR) is 143 cm³/mol. The number of phenols is 1. The SMILES string of the molecule is CCC(=O)CCC(=O)OC1(CC)C(=O)OCC2=C1C=C1c3nc4ccc(O)c(CN(C)C)c4cc3CC1C2=O. The van der Waals surface area contributed by atoms with Crippen molar-refractivity contribution in [2.24, 2.45) is 5.92 Å². The third-order valence-corrected chi connectivity index (χ3v) is 7.85. The third-order valence-electron chi connectivity index (χ3n) is 7.85. The topological polar surface area (TPSA) is 123 Å². The number of cyclic esters (lactones) is 1. The summed E-state index contributed by atoms with van der Waals surface area (Å²) >= 11 is 0. The first-order valence-electron chi connectivity index (χ1n) is 13.3. The van der Waals surface area contributed by atoms with Crippen molar-refractivity contribution < 1.29 is 33.8 Å². The van der Waals surface area contributed by atoms with Crippen LogP contribution in [-0.4, -0.2) is 64.8 Å². The lowest BCUT2D eigenvalue weighted by Gasteiger charge is -2.38. The summed E-state index contributed by atoms with van der Waals surface area (Å²) in [5.74, 6) is -1.98. The number of carbonyl (C=O) groups excluding carboxylic acids is 4. The van der Waals surface area contributed by atoms with E-state index in [0.717, 1.165) is 16.5 Å². The molecule has 0 amide bonds. The molecular formula is C30H32N2O7. The molecule has 0 saturated carbocycles. The number of ether oxygens (including phenoxy) is 2. The van der Waals surface area contributed by atoms with Crippen LogP contribution in [0.25, 0.3) is 16.5 Å². The minimum Gasteiger partial charge on any atom is -0.508 e. The van der Waals surface area contributed by atoms with Gasteiger partial charge in [-0.2, -0.15) is 0 Å². The number of carbonyl (C=O) groups is 4. The van der Waals surface area contributed by atoms with Gasteiger partial charge in [0.25, 0.3) is 0 Å². The second-order valence-corrected chi connectivity index (χ2v) is 10.6. The number of benzene rings is 1. The Labute approximate surface area is 226 Å². The lowest BCUT2D eigenvalue weighted by molar-refractivity contribution is -0.180. The molecule has 0 radical (unpaired) electrons. The van der Waals surface area contributed by atoms with Crippen LogP contribution in [0, 0.1) is 5.92 Å². The molecule has 1 aromatic heterocycles. The molecule has 2 unspecified atom stereocenters. The fourth-order valence-electron chi connectivity index (χ4n) is 5.75. The number of allylic oxidation sites excluding steroid dienone is 1. The second-order valence-electron chi connectivity index (χ2n) is 10.6. The molecule has 2 aliphatic carbocycles. The number of hydrogen-bond donors (Lipinski definition) is 1. The van der Waals surface area contributed by atoms with Gasteiger partial charge < -0.3 is 19.5 Å². The Morgan fingerprint density at radius 3 is 2.67 bits per heavy atom. The van der Waals surface area contributed by atoms with Crippen LogP contribution in [0.2, 0.25) is 0 Å². The number of ketones is 2. The average molecular weight is 533 g/mol. The Morgan fingerprint density at radius 2 is 1.97 bits per heavy atom. The summed E-state index contributed by atoms with van der Waals surface area (Å²) in [6.07, 6.45) is 2.46. The van der Waals surface area contributed by atoms with Crippen molar-refractivity contribution in [1.82, 2.24) is 9.88 Å². The van der Waals surface area contributed by atoms with Crippen molar-refractivity contribution in [1.29, 1.82) is 0 Å². The van der Waals surface area contributed by atoms with Crippen molar-refractivity contribution >= 4 is 40.0 Å². The molecule has 1 aliphatic heterocycles. The molecule has 3 aliphatic rings. The van der Waals surface area contributed by atoms with Gasteiger partial charge in [0.1, 0.15) is 18.1 Å². The molecule has 0 bridgehead atoms. The van der Waals surface area contributed by atoms with E-state index in [1.54, 1.807) is 32.1 Å². The van der Waals surface area contributed by atoms with E-state index in [1.807, 2.05) is 25.1 Å². The zero-order valence-corrected chi connectivity index (χ0v) is 22.6. The molecule has 0 fully saturated rings. The van der Waals surface area contributed by atoms with Crippen LogP contribution >= 0.6 is 0 Å². The molecule has 39 heavy (non-hydrogen) atoms. The van der Waals surface area contributed by atoms with Crippen LogP contribution in [0.5, 0.6) is 5.75 Å². The van der Waals surface area contributed by atoms with Gasteiger partial charge >= 0.3 is 11.9 Å². The van der Waals surface area contributed by atoms with Crippen molar-refractivity contribution in [2.75, 3.05) is 20.7 Å². The standard InChI is InChI=1S/C30H32N2O7/c1-5-17(33)7-10-26(35)39-30(6-2)23-13-19-20(28(36)22(23)15-38-29(30)37)12-16-11-18-21(14-32(3)4)25(34)9-8-24(18)31-27(16)19/h8-9,11,13,20,34H,5-7,10,12,14-15H2,1-4H3. The Morgan fingerprint density at radius 1 is 1.21 bits per heavy atom. The number of pyridine rings is 1. The van der Waals surface area contributed by atoms with Crippen molar-refractivity contribution in [3.05, 3.63) is 52.2 Å². The Balaban J connectivity index is 1.58. The van der Waals surface area contributed by atoms with Crippen molar-refractivity contribution in [3.63, 3.8) is 0 Å². The maximum atomic E-state index is 13.8. The number of rotatable bonds is 8. The van der Waals surface area contributed by atoms with E-state index in [0.29, 0.717) is 47.3 Å². The third kappa shape index (κ3) is 4.44. The molecule has 2 heterocycles. The van der Waals surface area contributed by atoms with Gasteiger partial charge in [0.2, 0.25) is 5.60 Å². The molecule has 0 spiro atoms. The molecule has 2 aromatic rings. The van der Waals surface area contributed by atoms with Crippen LogP contribution in [-0.2, 0) is 41.6 Å². The molecule has 0 saturated heterocycles. The highest BCUT2D eigenvalue weighted by Crippen LogP contribution is 2.48. The maximum Gasteiger partial charge on any atom is 0.355 e. The molecule has 5 rings (SSSR count). The Bertz CT molecular complexity index is 1490. The lowest BCUT2D eigenvalue weighted by Crippen LogP contribution is -2.51. The summed E-state index contributed by atoms with van der Waals surface area (Å²) in [5.41, 5.74) is 2.57. The zero-order valence-electron chi connectivity index (χ0n) is 22.6. The van der Waals surface area contributed by atoms with Gasteiger partial charge in [0, 0.05) is 41.5 Å². The molecule has 2 atom stereocenters. The Kier molecular flexibility index (Phi) is 6.88. The van der Waals surface area contributed by atoms with Gasteiger partial charge in [0.15, 0.2) is 5.78 Å². The second kappa shape index (κ2) is 10.0. The van der Waals surface area contributed by atoms with Crippen LogP contribution in [0.4, 0.5) is 0 Å². The molecule has 1 aromatic carbocycles. The highest BCUT2D eigenvalue weighted by molar-refractivity contribution is 6.12. The summed E-state index contributed by atoms with van der Waals surface area (Å²) in [7, 11) is 3.84. The molecule has 204 valence electrons. The first-order chi connectivity index (χ1) is 18.6. The normalized spacial score (nSPS) is 21.9. The average Bonchev–Trinajstić information content (AvgIpc) is 3.27. The smallest absolute Gasteiger partial charge is 0.355 e. The minimum atomic E-state index is -1.77. The van der Waals surface area contributed by atoms with Crippen LogP contribution in [0.3, 0.4) is 0 Å². The van der Waals surface area contributed by atoms with Crippen molar-refractivity contribution in [2.45, 2.75) is 58.1 Å². The van der Waals surface area contributed by atoms with E-state index < -0.39 is 23.5 Å². The summed E-state index contributed by atoms with van der Waals surface area (Å²) < 4.78 is 11.1. The number of Topliss-reactive ketones (excluding diaryl/α,β-unsaturated/α-hetero) is 2. The molecular weight excluding hydrogens is 500 g/mol. The van der Waals surface area contributed by atoms with Gasteiger partial charge in [0.05, 0.1) is 23.5 Å². The summed E-state index contributed by atoms with van der Waals surface area (Å²) in [4.78, 5) is 58.3. The van der Waals surface area contributed by atoms with E-state index in [4.69, 9.17) is 14.5 Å². The van der Waals surface area contributed by atoms with Gasteiger partial charge in [-0.3, -0.25) is 14.4 Å². The monoisotopic (exact) mass is 532 g/mol. The van der Waals surface area contributed by atoms with E-state index in [9.17, 15) is 24.3 Å². The number of hydrogen-bond acceptors (Lipinski definition) is 9. The summed E-state index contributed by atoms with van der Waals surface area (Å²) in [6, 6.07) is 5.36. The molecule has 9 heteroatoms. The van der Waals surface area contributed by atoms with Gasteiger partial charge in [-0.25, -0.2) is 9.78 Å². The van der Waals surface area contributed by atoms with Crippen molar-refractivity contribution in [3.8, 4) is 5.75 Å². The number of aromatic nitrogens is 1. The van der Waals surface area contributed by atoms with Gasteiger partial charge in [-0.1, -0.05) is 13.8 Å². The van der Waals surface area contributed by atoms with Crippen LogP contribution in [0.15, 0.2) is 35.4 Å². The Hall–Kier alpha value is -3.85. The van der Waals surface area contributed by atoms with E-state index in [1.165, 1.54) is 0 Å². The first-order valence-corrected chi connectivity index (χ1v) is 13.3. The van der Waals surface area contributed by atoms with Crippen LogP contribution in [0.1, 0.15) is 56.4 Å². The highest BCUT2D eigenvalue weighted by atomic mass is 16.6. The largest absolute Gasteiger partial charge is 0.508 e. The first kappa shape index (κ1) is 26.7.